The van der Waals surface area contributed by atoms with Crippen LogP contribution in [-0.2, 0) is 0 Å². The number of benzene rings is 1. The van der Waals surface area contributed by atoms with E-state index >= 15 is 0 Å². The second-order valence-corrected chi connectivity index (χ2v) is 5.21. The molecule has 0 bridgehead atoms. The predicted octanol–water partition coefficient (Wildman–Crippen LogP) is 3.26. The van der Waals surface area contributed by atoms with Crippen molar-refractivity contribution in [2.45, 2.75) is 31.7 Å². The lowest BCUT2D eigenvalue weighted by Gasteiger charge is -2.24. The molecule has 0 radical (unpaired) electrons. The van der Waals surface area contributed by atoms with E-state index in [1.807, 2.05) is 0 Å². The second-order valence-electron chi connectivity index (χ2n) is 4.77. The number of carbonyl (C=O) groups excluding carboxylic acids is 1. The lowest BCUT2D eigenvalue weighted by Crippen LogP contribution is -2.35. The van der Waals surface area contributed by atoms with Crippen molar-refractivity contribution in [3.05, 3.63) is 38.9 Å². The fourth-order valence-electron chi connectivity index (χ4n) is 2.49. The van der Waals surface area contributed by atoms with Crippen LogP contribution < -0.4 is 0 Å². The topological polar surface area (TPSA) is 63.5 Å². The molecule has 0 heterocycles. The van der Waals surface area contributed by atoms with Gasteiger partial charge in [0, 0.05) is 24.2 Å². The minimum atomic E-state index is -0.550. The van der Waals surface area contributed by atoms with Gasteiger partial charge in [-0.05, 0) is 25.0 Å². The highest BCUT2D eigenvalue weighted by molar-refractivity contribution is 6.31. The zero-order valence-corrected chi connectivity index (χ0v) is 11.4. The lowest BCUT2D eigenvalue weighted by atomic mass is 10.1. The summed E-state index contributed by atoms with van der Waals surface area (Å²) in [5.41, 5.74) is -0.133. The van der Waals surface area contributed by atoms with Gasteiger partial charge in [-0.1, -0.05) is 24.4 Å². The lowest BCUT2D eigenvalue weighted by molar-refractivity contribution is -0.385. The molecule has 1 saturated carbocycles. The number of carbonyl (C=O) groups is 1. The first-order valence-electron chi connectivity index (χ1n) is 6.22. The summed E-state index contributed by atoms with van der Waals surface area (Å²) in [5, 5.41) is 11.3. The number of nitro groups is 1. The SMILES string of the molecule is CN(C(=O)c1cc(Cl)ccc1[N+](=O)[O-])C1CCCC1. The fraction of sp³-hybridized carbons (Fsp3) is 0.462. The maximum atomic E-state index is 12.4. The van der Waals surface area contributed by atoms with Crippen LogP contribution in [0.5, 0.6) is 0 Å². The number of amides is 1. The van der Waals surface area contributed by atoms with Crippen molar-refractivity contribution in [2.75, 3.05) is 7.05 Å². The number of nitrogens with zero attached hydrogens (tertiary/aromatic N) is 2. The minimum absolute atomic E-state index is 0.0619. The highest BCUT2D eigenvalue weighted by Gasteiger charge is 2.28. The molecule has 1 fully saturated rings. The standard InChI is InChI=1S/C13H15ClN2O3/c1-15(10-4-2-3-5-10)13(17)11-8-9(14)6-7-12(11)16(18)19/h6-8,10H,2-5H2,1H3. The van der Waals surface area contributed by atoms with Gasteiger partial charge in [0.15, 0.2) is 0 Å². The summed E-state index contributed by atoms with van der Waals surface area (Å²) in [6, 6.07) is 4.24. The third-order valence-corrected chi connectivity index (χ3v) is 3.81. The van der Waals surface area contributed by atoms with E-state index in [0.717, 1.165) is 25.7 Å². The van der Waals surface area contributed by atoms with E-state index in [1.54, 1.807) is 11.9 Å². The van der Waals surface area contributed by atoms with E-state index in [0.29, 0.717) is 5.02 Å². The average Bonchev–Trinajstić information content (AvgIpc) is 2.90. The number of hydrogen-bond acceptors (Lipinski definition) is 3. The molecule has 1 aromatic carbocycles. The van der Waals surface area contributed by atoms with Gasteiger partial charge in [0.2, 0.25) is 0 Å². The van der Waals surface area contributed by atoms with Gasteiger partial charge in [0.1, 0.15) is 5.56 Å². The van der Waals surface area contributed by atoms with Crippen molar-refractivity contribution in [3.63, 3.8) is 0 Å². The van der Waals surface area contributed by atoms with Crippen LogP contribution in [0, 0.1) is 10.1 Å². The molecule has 0 aliphatic heterocycles. The van der Waals surface area contributed by atoms with Gasteiger partial charge >= 0.3 is 0 Å². The third kappa shape index (κ3) is 2.87. The molecule has 2 rings (SSSR count). The fourth-order valence-corrected chi connectivity index (χ4v) is 2.66. The smallest absolute Gasteiger partial charge is 0.282 e. The molecule has 1 amide bonds. The van der Waals surface area contributed by atoms with Gasteiger partial charge in [0.25, 0.3) is 11.6 Å². The van der Waals surface area contributed by atoms with Crippen LogP contribution in [0.3, 0.4) is 0 Å². The molecule has 1 aliphatic carbocycles. The first kappa shape index (κ1) is 13.8. The van der Waals surface area contributed by atoms with E-state index in [-0.39, 0.29) is 23.2 Å². The molecule has 102 valence electrons. The van der Waals surface area contributed by atoms with Crippen molar-refractivity contribution < 1.29 is 9.72 Å². The minimum Gasteiger partial charge on any atom is -0.339 e. The van der Waals surface area contributed by atoms with Crippen molar-refractivity contribution in [1.82, 2.24) is 4.90 Å². The summed E-state index contributed by atoms with van der Waals surface area (Å²) in [4.78, 5) is 24.4. The maximum Gasteiger partial charge on any atom is 0.282 e. The van der Waals surface area contributed by atoms with Gasteiger partial charge in [0.05, 0.1) is 4.92 Å². The van der Waals surface area contributed by atoms with Crippen LogP contribution in [0.2, 0.25) is 5.02 Å². The molecule has 0 N–H and O–H groups in total. The molecule has 5 nitrogen and oxygen atoms in total. The molecule has 1 aliphatic rings. The summed E-state index contributed by atoms with van der Waals surface area (Å²) >= 11 is 5.84. The van der Waals surface area contributed by atoms with E-state index in [1.165, 1.54) is 18.2 Å². The number of halogens is 1. The highest BCUT2D eigenvalue weighted by Crippen LogP contribution is 2.28. The Morgan fingerprint density at radius 1 is 1.42 bits per heavy atom. The second kappa shape index (κ2) is 5.57. The van der Waals surface area contributed by atoms with E-state index in [2.05, 4.69) is 0 Å². The van der Waals surface area contributed by atoms with Crippen molar-refractivity contribution >= 4 is 23.2 Å². The molecule has 6 heteroatoms. The Bertz CT molecular complexity index is 513. The first-order valence-corrected chi connectivity index (χ1v) is 6.59. The van der Waals surface area contributed by atoms with E-state index in [9.17, 15) is 14.9 Å². The van der Waals surface area contributed by atoms with Gasteiger partial charge in [-0.2, -0.15) is 0 Å². The van der Waals surface area contributed by atoms with Crippen LogP contribution in [0.4, 0.5) is 5.69 Å². The Morgan fingerprint density at radius 3 is 2.63 bits per heavy atom. The molecule has 0 unspecified atom stereocenters. The molecule has 0 spiro atoms. The van der Waals surface area contributed by atoms with Crippen LogP contribution in [0.25, 0.3) is 0 Å². The molecule has 1 aromatic rings. The number of rotatable bonds is 3. The van der Waals surface area contributed by atoms with Crippen LogP contribution in [-0.4, -0.2) is 28.8 Å². The molecular formula is C13H15ClN2O3. The van der Waals surface area contributed by atoms with Gasteiger partial charge in [-0.3, -0.25) is 14.9 Å². The van der Waals surface area contributed by atoms with Gasteiger partial charge < -0.3 is 4.90 Å². The Balaban J connectivity index is 2.31. The molecule has 0 atom stereocenters. The van der Waals surface area contributed by atoms with E-state index in [4.69, 9.17) is 11.6 Å². The Hall–Kier alpha value is -1.62. The maximum absolute atomic E-state index is 12.4. The van der Waals surface area contributed by atoms with Gasteiger partial charge in [-0.25, -0.2) is 0 Å². The monoisotopic (exact) mass is 282 g/mol. The Morgan fingerprint density at radius 2 is 2.05 bits per heavy atom. The van der Waals surface area contributed by atoms with E-state index < -0.39 is 4.92 Å². The quantitative estimate of drug-likeness (QED) is 0.631. The third-order valence-electron chi connectivity index (χ3n) is 3.58. The van der Waals surface area contributed by atoms with Gasteiger partial charge in [-0.15, -0.1) is 0 Å². The van der Waals surface area contributed by atoms with Crippen molar-refractivity contribution in [3.8, 4) is 0 Å². The van der Waals surface area contributed by atoms with Crippen LogP contribution >= 0.6 is 11.6 Å². The highest BCUT2D eigenvalue weighted by atomic mass is 35.5. The van der Waals surface area contributed by atoms with Crippen LogP contribution in [0.1, 0.15) is 36.0 Å². The largest absolute Gasteiger partial charge is 0.339 e. The van der Waals surface area contributed by atoms with Crippen molar-refractivity contribution in [2.24, 2.45) is 0 Å². The first-order chi connectivity index (χ1) is 9.00. The van der Waals surface area contributed by atoms with Crippen LogP contribution in [0.15, 0.2) is 18.2 Å². The zero-order valence-electron chi connectivity index (χ0n) is 10.6. The molecule has 19 heavy (non-hydrogen) atoms. The summed E-state index contributed by atoms with van der Waals surface area (Å²) in [6.07, 6.45) is 4.10. The molecule has 0 saturated heterocycles. The average molecular weight is 283 g/mol. The molecular weight excluding hydrogens is 268 g/mol. The summed E-state index contributed by atoms with van der Waals surface area (Å²) < 4.78 is 0. The molecule has 0 aromatic heterocycles. The normalized spacial score (nSPS) is 15.5. The summed E-state index contributed by atoms with van der Waals surface area (Å²) in [7, 11) is 1.70. The predicted molar refractivity (Wildman–Crippen MR) is 72.5 cm³/mol. The number of nitro benzene ring substituents is 1. The summed E-state index contributed by atoms with van der Waals surface area (Å²) in [5.74, 6) is -0.332. The van der Waals surface area contributed by atoms with Crippen molar-refractivity contribution in [1.29, 1.82) is 0 Å². The summed E-state index contributed by atoms with van der Waals surface area (Å²) in [6.45, 7) is 0. The zero-order chi connectivity index (χ0) is 14.0. The Labute approximate surface area is 116 Å². The number of hydrogen-bond donors (Lipinski definition) is 0. The Kier molecular flexibility index (Phi) is 4.04.